The predicted octanol–water partition coefficient (Wildman–Crippen LogP) is 4.41. The van der Waals surface area contributed by atoms with E-state index in [1.807, 2.05) is 42.5 Å². The Balaban J connectivity index is 1.59. The molecule has 0 atom stereocenters. The summed E-state index contributed by atoms with van der Waals surface area (Å²) in [7, 11) is 3.18. The van der Waals surface area contributed by atoms with E-state index in [-0.39, 0.29) is 11.5 Å². The van der Waals surface area contributed by atoms with E-state index in [2.05, 4.69) is 10.4 Å². The van der Waals surface area contributed by atoms with Crippen LogP contribution in [0.5, 0.6) is 11.5 Å². The molecule has 2 N–H and O–H groups in total. The number of methoxy groups -OCH3 is 2. The second kappa shape index (κ2) is 8.40. The summed E-state index contributed by atoms with van der Waals surface area (Å²) in [5.74, 6) is -0.184. The van der Waals surface area contributed by atoms with Gasteiger partial charge in [0.2, 0.25) is 0 Å². The number of carbonyl (C=O) groups excluding carboxylic acids is 1. The third-order valence-corrected chi connectivity index (χ3v) is 5.82. The number of hydrogen-bond donors (Lipinski definition) is 2. The number of carboxylic acid groups (broad SMARTS) is 1. The van der Waals surface area contributed by atoms with Crippen molar-refractivity contribution in [1.29, 1.82) is 0 Å². The summed E-state index contributed by atoms with van der Waals surface area (Å²) in [4.78, 5) is 24.4. The normalized spacial score (nSPS) is 11.5. The smallest absolute Gasteiger partial charge is 0.335 e. The highest BCUT2D eigenvalue weighted by atomic mass is 16.5. The average Bonchev–Trinajstić information content (AvgIpc) is 3.41. The van der Waals surface area contributed by atoms with E-state index in [0.29, 0.717) is 29.3 Å². The Morgan fingerprint density at radius 1 is 0.971 bits per heavy atom. The number of ether oxygens (including phenoxy) is 2. The monoisotopic (exact) mass is 455 g/mol. The van der Waals surface area contributed by atoms with Gasteiger partial charge in [-0.1, -0.05) is 18.2 Å². The van der Waals surface area contributed by atoms with Crippen molar-refractivity contribution in [2.45, 2.75) is 6.42 Å². The van der Waals surface area contributed by atoms with Crippen LogP contribution in [0.3, 0.4) is 0 Å². The van der Waals surface area contributed by atoms with Crippen molar-refractivity contribution in [2.75, 3.05) is 19.5 Å². The first-order valence-corrected chi connectivity index (χ1v) is 10.6. The molecule has 8 nitrogen and oxygen atoms in total. The van der Waals surface area contributed by atoms with Gasteiger partial charge in [0.05, 0.1) is 31.2 Å². The van der Waals surface area contributed by atoms with E-state index in [1.165, 1.54) is 12.1 Å². The van der Waals surface area contributed by atoms with Gasteiger partial charge >= 0.3 is 5.97 Å². The molecule has 1 heterocycles. The molecule has 8 heteroatoms. The van der Waals surface area contributed by atoms with Crippen molar-refractivity contribution in [2.24, 2.45) is 0 Å². The molecule has 0 radical (unpaired) electrons. The number of nitrogens with one attached hydrogen (secondary N) is 1. The number of fused-ring (bicyclic) bond motifs is 3. The summed E-state index contributed by atoms with van der Waals surface area (Å²) in [6.45, 7) is 0. The summed E-state index contributed by atoms with van der Waals surface area (Å²) < 4.78 is 12.7. The van der Waals surface area contributed by atoms with Crippen molar-refractivity contribution in [3.63, 3.8) is 0 Å². The second-order valence-electron chi connectivity index (χ2n) is 7.80. The van der Waals surface area contributed by atoms with Gasteiger partial charge in [-0.15, -0.1) is 0 Å². The highest BCUT2D eigenvalue weighted by Crippen LogP contribution is 2.44. The van der Waals surface area contributed by atoms with Gasteiger partial charge in [0.25, 0.3) is 5.91 Å². The first-order valence-electron chi connectivity index (χ1n) is 10.6. The van der Waals surface area contributed by atoms with E-state index in [4.69, 9.17) is 14.6 Å². The summed E-state index contributed by atoms with van der Waals surface area (Å²) in [6.07, 6.45) is 0.512. The minimum atomic E-state index is -1.03. The molecule has 0 spiro atoms. The SMILES string of the molecule is COc1cc2c(cc1OC)-c1c(c(C(=O)Nc3ccc(C(=O)O)cc3)nn1-c1ccccc1)C2. The predicted molar refractivity (Wildman–Crippen MR) is 126 cm³/mol. The molecule has 3 aromatic carbocycles. The Morgan fingerprint density at radius 3 is 2.29 bits per heavy atom. The van der Waals surface area contributed by atoms with Crippen LogP contribution < -0.4 is 14.8 Å². The molecule has 170 valence electrons. The van der Waals surface area contributed by atoms with Crippen LogP contribution >= 0.6 is 0 Å². The quantitative estimate of drug-likeness (QED) is 0.393. The van der Waals surface area contributed by atoms with Crippen LogP contribution in [0.15, 0.2) is 66.7 Å². The molecule has 0 saturated heterocycles. The van der Waals surface area contributed by atoms with E-state index in [0.717, 1.165) is 28.1 Å². The zero-order valence-corrected chi connectivity index (χ0v) is 18.5. The number of para-hydroxylation sites is 1. The third kappa shape index (κ3) is 3.55. The minimum Gasteiger partial charge on any atom is -0.493 e. The lowest BCUT2D eigenvalue weighted by Crippen LogP contribution is -2.15. The van der Waals surface area contributed by atoms with Gasteiger partial charge in [-0.2, -0.15) is 5.10 Å². The fourth-order valence-electron chi connectivity index (χ4n) is 4.20. The highest BCUT2D eigenvalue weighted by Gasteiger charge is 2.32. The number of aromatic nitrogens is 2. The Kier molecular flexibility index (Phi) is 5.25. The number of rotatable bonds is 6. The standard InChI is InChI=1S/C26H21N3O5/c1-33-21-13-16-12-20-23(25(30)27-17-10-8-15(9-11-17)26(31)32)28-29(18-6-4-3-5-7-18)24(20)19(16)14-22(21)34-2/h3-11,13-14H,12H2,1-2H3,(H,27,30)(H,31,32). The molecule has 0 bridgehead atoms. The van der Waals surface area contributed by atoms with Crippen LogP contribution in [-0.2, 0) is 6.42 Å². The number of amides is 1. The van der Waals surface area contributed by atoms with Gasteiger partial charge in [-0.05, 0) is 54.1 Å². The Hall–Kier alpha value is -4.59. The lowest BCUT2D eigenvalue weighted by atomic mass is 10.1. The maximum absolute atomic E-state index is 13.3. The van der Waals surface area contributed by atoms with Crippen molar-refractivity contribution in [1.82, 2.24) is 9.78 Å². The largest absolute Gasteiger partial charge is 0.493 e. The first kappa shape index (κ1) is 21.3. The van der Waals surface area contributed by atoms with Gasteiger partial charge < -0.3 is 19.9 Å². The van der Waals surface area contributed by atoms with Crippen LogP contribution in [0, 0.1) is 0 Å². The molecule has 0 fully saturated rings. The van der Waals surface area contributed by atoms with Gasteiger partial charge in [-0.25, -0.2) is 9.48 Å². The Bertz CT molecular complexity index is 1410. The van der Waals surface area contributed by atoms with Crippen molar-refractivity contribution >= 4 is 17.6 Å². The summed E-state index contributed by atoms with van der Waals surface area (Å²) >= 11 is 0. The number of nitrogens with zero attached hydrogens (tertiary/aromatic N) is 2. The number of carbonyl (C=O) groups is 2. The van der Waals surface area contributed by atoms with Crippen molar-refractivity contribution < 1.29 is 24.2 Å². The molecule has 1 aromatic heterocycles. The number of carboxylic acids is 1. The molecule has 5 rings (SSSR count). The fraction of sp³-hybridized carbons (Fsp3) is 0.115. The maximum atomic E-state index is 13.3. The molecule has 4 aromatic rings. The minimum absolute atomic E-state index is 0.144. The molecular formula is C26H21N3O5. The lowest BCUT2D eigenvalue weighted by molar-refractivity contribution is 0.0696. The van der Waals surface area contributed by atoms with E-state index in [1.54, 1.807) is 31.0 Å². The average molecular weight is 455 g/mol. The summed E-state index contributed by atoms with van der Waals surface area (Å²) in [5.41, 5.74) is 5.31. The van der Waals surface area contributed by atoms with E-state index >= 15 is 0 Å². The number of hydrogen-bond acceptors (Lipinski definition) is 5. The van der Waals surface area contributed by atoms with Crippen molar-refractivity contribution in [3.05, 3.63) is 89.1 Å². The summed E-state index contributed by atoms with van der Waals surface area (Å²) in [6, 6.07) is 19.4. The fourth-order valence-corrected chi connectivity index (χ4v) is 4.20. The van der Waals surface area contributed by atoms with Crippen LogP contribution in [0.2, 0.25) is 0 Å². The lowest BCUT2D eigenvalue weighted by Gasteiger charge is -2.12. The number of benzene rings is 3. The zero-order chi connectivity index (χ0) is 23.8. The van der Waals surface area contributed by atoms with E-state index < -0.39 is 5.97 Å². The zero-order valence-electron chi connectivity index (χ0n) is 18.5. The van der Waals surface area contributed by atoms with Gasteiger partial charge in [0.1, 0.15) is 0 Å². The van der Waals surface area contributed by atoms with Crippen LogP contribution in [0.1, 0.15) is 32.0 Å². The molecule has 0 aliphatic heterocycles. The topological polar surface area (TPSA) is 103 Å². The molecule has 1 aliphatic carbocycles. The molecule has 0 saturated carbocycles. The molecule has 1 amide bonds. The van der Waals surface area contributed by atoms with Crippen molar-refractivity contribution in [3.8, 4) is 28.4 Å². The van der Waals surface area contributed by atoms with E-state index in [9.17, 15) is 9.59 Å². The molecule has 1 aliphatic rings. The van der Waals surface area contributed by atoms with Gasteiger partial charge in [0, 0.05) is 23.2 Å². The molecule has 34 heavy (non-hydrogen) atoms. The van der Waals surface area contributed by atoms with Crippen LogP contribution in [0.25, 0.3) is 16.9 Å². The Morgan fingerprint density at radius 2 is 1.65 bits per heavy atom. The Labute approximate surface area is 195 Å². The highest BCUT2D eigenvalue weighted by molar-refractivity contribution is 6.06. The molecule has 0 unspecified atom stereocenters. The van der Waals surface area contributed by atoms with Crippen LogP contribution in [-0.4, -0.2) is 41.0 Å². The number of aromatic carboxylic acids is 1. The van der Waals surface area contributed by atoms with Gasteiger partial charge in [0.15, 0.2) is 17.2 Å². The molecular weight excluding hydrogens is 434 g/mol. The second-order valence-corrected chi connectivity index (χ2v) is 7.80. The van der Waals surface area contributed by atoms with Crippen LogP contribution in [0.4, 0.5) is 5.69 Å². The third-order valence-electron chi connectivity index (χ3n) is 5.82. The first-order chi connectivity index (χ1) is 16.5. The van der Waals surface area contributed by atoms with Gasteiger partial charge in [-0.3, -0.25) is 4.79 Å². The number of anilines is 1. The summed E-state index contributed by atoms with van der Waals surface area (Å²) in [5, 5.41) is 16.6. The maximum Gasteiger partial charge on any atom is 0.335 e.